The Morgan fingerprint density at radius 1 is 0.550 bits per heavy atom. The highest BCUT2D eigenvalue weighted by Crippen LogP contribution is 2.10. The van der Waals surface area contributed by atoms with E-state index >= 15 is 0 Å². The maximum Gasteiger partial charge on any atom is 0.0431 e. The van der Waals surface area contributed by atoms with Gasteiger partial charge in [0, 0.05) is 6.61 Å². The molecule has 0 aliphatic heterocycles. The summed E-state index contributed by atoms with van der Waals surface area (Å²) in [7, 11) is 0. The average Bonchev–Trinajstić information content (AvgIpc) is 2.47. The maximum absolute atomic E-state index is 8.68. The molecule has 0 amide bonds. The Morgan fingerprint density at radius 3 is 1.40 bits per heavy atom. The van der Waals surface area contributed by atoms with Crippen LogP contribution in [0.1, 0.15) is 103 Å². The third kappa shape index (κ3) is 17.7. The molecule has 0 aromatic rings. The summed E-state index contributed by atoms with van der Waals surface area (Å²) in [6.07, 6.45) is 24.7. The van der Waals surface area contributed by atoms with E-state index in [2.05, 4.69) is 19.1 Å². The van der Waals surface area contributed by atoms with Crippen molar-refractivity contribution in [3.63, 3.8) is 0 Å². The summed E-state index contributed by atoms with van der Waals surface area (Å²) < 4.78 is 0. The van der Waals surface area contributed by atoms with Gasteiger partial charge in [-0.2, -0.15) is 0 Å². The Hall–Kier alpha value is -0.300. The van der Waals surface area contributed by atoms with Crippen molar-refractivity contribution in [2.45, 2.75) is 103 Å². The Kier molecular flexibility index (Phi) is 18.4. The first-order valence-electron chi connectivity index (χ1n) is 9.17. The van der Waals surface area contributed by atoms with Crippen LogP contribution in [0.25, 0.3) is 0 Å². The highest BCUT2D eigenvalue weighted by Gasteiger charge is 1.91. The largest absolute Gasteiger partial charge is 0.396 e. The highest BCUT2D eigenvalue weighted by atomic mass is 16.2. The van der Waals surface area contributed by atoms with Crippen molar-refractivity contribution in [1.82, 2.24) is 0 Å². The van der Waals surface area contributed by atoms with Crippen LogP contribution >= 0.6 is 0 Å². The molecule has 1 nitrogen and oxygen atoms in total. The molecular weight excluding hydrogens is 244 g/mol. The first kappa shape index (κ1) is 19.7. The van der Waals surface area contributed by atoms with Crippen molar-refractivity contribution in [3.8, 4) is 0 Å². The third-order valence-corrected chi connectivity index (χ3v) is 3.92. The molecule has 0 saturated heterocycles. The van der Waals surface area contributed by atoms with E-state index in [9.17, 15) is 0 Å². The van der Waals surface area contributed by atoms with E-state index in [4.69, 9.17) is 5.11 Å². The zero-order valence-corrected chi connectivity index (χ0v) is 13.9. The summed E-state index contributed by atoms with van der Waals surface area (Å²) in [5, 5.41) is 8.68. The van der Waals surface area contributed by atoms with Crippen molar-refractivity contribution >= 4 is 0 Å². The molecule has 0 aromatic heterocycles. The predicted octanol–water partition coefficient (Wildman–Crippen LogP) is 6.41. The molecule has 0 spiro atoms. The number of hydrogen-bond acceptors (Lipinski definition) is 1. The van der Waals surface area contributed by atoms with Crippen LogP contribution in [0.3, 0.4) is 0 Å². The van der Waals surface area contributed by atoms with Crippen LogP contribution in [0.15, 0.2) is 12.2 Å². The van der Waals surface area contributed by atoms with Gasteiger partial charge in [-0.1, -0.05) is 83.3 Å². The van der Waals surface area contributed by atoms with E-state index < -0.39 is 0 Å². The van der Waals surface area contributed by atoms with Gasteiger partial charge in [-0.15, -0.1) is 0 Å². The standard InChI is InChI=1S/C19H38O/c1-2-3-4-5-6-7-8-9-10-11-12-13-14-15-16-17-18-19-20/h8-9,20H,2-7,10-19H2,1H3. The average molecular weight is 283 g/mol. The Labute approximate surface area is 127 Å². The summed E-state index contributed by atoms with van der Waals surface area (Å²) in [5.74, 6) is 0. The van der Waals surface area contributed by atoms with Gasteiger partial charge in [0.25, 0.3) is 0 Å². The smallest absolute Gasteiger partial charge is 0.0431 e. The van der Waals surface area contributed by atoms with Gasteiger partial charge < -0.3 is 5.11 Å². The van der Waals surface area contributed by atoms with E-state index in [1.54, 1.807) is 0 Å². The van der Waals surface area contributed by atoms with Crippen LogP contribution < -0.4 is 0 Å². The van der Waals surface area contributed by atoms with Gasteiger partial charge in [0.2, 0.25) is 0 Å². The van der Waals surface area contributed by atoms with E-state index in [1.807, 2.05) is 0 Å². The molecule has 20 heavy (non-hydrogen) atoms. The normalized spacial score (nSPS) is 11.5. The number of aliphatic hydroxyl groups excluding tert-OH is 1. The van der Waals surface area contributed by atoms with Gasteiger partial charge in [0.05, 0.1) is 0 Å². The van der Waals surface area contributed by atoms with Crippen molar-refractivity contribution < 1.29 is 5.11 Å². The van der Waals surface area contributed by atoms with Gasteiger partial charge in [-0.3, -0.25) is 0 Å². The molecule has 0 radical (unpaired) electrons. The fourth-order valence-corrected chi connectivity index (χ4v) is 2.54. The van der Waals surface area contributed by atoms with Gasteiger partial charge >= 0.3 is 0 Å². The van der Waals surface area contributed by atoms with Crippen LogP contribution in [0.2, 0.25) is 0 Å². The van der Waals surface area contributed by atoms with Crippen molar-refractivity contribution in [1.29, 1.82) is 0 Å². The zero-order valence-electron chi connectivity index (χ0n) is 13.9. The number of rotatable bonds is 16. The number of unbranched alkanes of at least 4 members (excludes halogenated alkanes) is 13. The Bertz CT molecular complexity index is 186. The predicted molar refractivity (Wildman–Crippen MR) is 91.2 cm³/mol. The first-order valence-corrected chi connectivity index (χ1v) is 9.17. The van der Waals surface area contributed by atoms with Crippen molar-refractivity contribution in [2.75, 3.05) is 6.61 Å². The molecule has 0 aliphatic rings. The van der Waals surface area contributed by atoms with Crippen LogP contribution in [-0.4, -0.2) is 11.7 Å². The number of aliphatic hydroxyl groups is 1. The summed E-state index contributed by atoms with van der Waals surface area (Å²) in [6.45, 7) is 2.64. The van der Waals surface area contributed by atoms with Crippen molar-refractivity contribution in [3.05, 3.63) is 12.2 Å². The van der Waals surface area contributed by atoms with Gasteiger partial charge in [-0.05, 0) is 32.1 Å². The maximum atomic E-state index is 8.68. The molecule has 0 rings (SSSR count). The first-order chi connectivity index (χ1) is 9.91. The topological polar surface area (TPSA) is 20.2 Å². The number of allylic oxidation sites excluding steroid dienone is 2. The lowest BCUT2D eigenvalue weighted by Gasteiger charge is -2.00. The van der Waals surface area contributed by atoms with Crippen molar-refractivity contribution in [2.24, 2.45) is 0 Å². The summed E-state index contributed by atoms with van der Waals surface area (Å²) in [5.41, 5.74) is 0. The van der Waals surface area contributed by atoms with E-state index in [1.165, 1.54) is 89.9 Å². The zero-order chi connectivity index (χ0) is 14.7. The minimum atomic E-state index is 0.366. The lowest BCUT2D eigenvalue weighted by molar-refractivity contribution is 0.282. The second-order valence-electron chi connectivity index (χ2n) is 6.02. The van der Waals surface area contributed by atoms with Gasteiger partial charge in [0.15, 0.2) is 0 Å². The lowest BCUT2D eigenvalue weighted by atomic mass is 10.1. The second-order valence-corrected chi connectivity index (χ2v) is 6.02. The molecule has 120 valence electrons. The minimum Gasteiger partial charge on any atom is -0.396 e. The lowest BCUT2D eigenvalue weighted by Crippen LogP contribution is -1.84. The highest BCUT2D eigenvalue weighted by molar-refractivity contribution is 4.81. The number of hydrogen-bond donors (Lipinski definition) is 1. The molecule has 0 heterocycles. The van der Waals surface area contributed by atoms with Crippen LogP contribution in [-0.2, 0) is 0 Å². The van der Waals surface area contributed by atoms with E-state index in [0.717, 1.165) is 6.42 Å². The molecule has 1 N–H and O–H groups in total. The molecule has 1 heteroatoms. The van der Waals surface area contributed by atoms with Gasteiger partial charge in [0.1, 0.15) is 0 Å². The van der Waals surface area contributed by atoms with E-state index in [0.29, 0.717) is 6.61 Å². The fraction of sp³-hybridized carbons (Fsp3) is 0.895. The second kappa shape index (κ2) is 18.7. The molecule has 0 unspecified atom stereocenters. The monoisotopic (exact) mass is 282 g/mol. The summed E-state index contributed by atoms with van der Waals surface area (Å²) in [4.78, 5) is 0. The summed E-state index contributed by atoms with van der Waals surface area (Å²) in [6, 6.07) is 0. The Balaban J connectivity index is 3.01. The summed E-state index contributed by atoms with van der Waals surface area (Å²) >= 11 is 0. The molecular formula is C19H38O. The van der Waals surface area contributed by atoms with Crippen LogP contribution in [0.5, 0.6) is 0 Å². The molecule has 0 bridgehead atoms. The van der Waals surface area contributed by atoms with Crippen LogP contribution in [0, 0.1) is 0 Å². The molecule has 0 aromatic carbocycles. The molecule has 0 fully saturated rings. The van der Waals surface area contributed by atoms with Gasteiger partial charge in [-0.25, -0.2) is 0 Å². The SMILES string of the molecule is CCCCCCCC=CCCCCCCCCCCO. The quantitative estimate of drug-likeness (QED) is 0.256. The minimum absolute atomic E-state index is 0.366. The molecule has 0 aliphatic carbocycles. The molecule has 0 saturated carbocycles. The van der Waals surface area contributed by atoms with Crippen LogP contribution in [0.4, 0.5) is 0 Å². The molecule has 0 atom stereocenters. The third-order valence-electron chi connectivity index (χ3n) is 3.92. The van der Waals surface area contributed by atoms with E-state index in [-0.39, 0.29) is 0 Å². The Morgan fingerprint density at radius 2 is 0.950 bits per heavy atom. The fourth-order valence-electron chi connectivity index (χ4n) is 2.54.